The van der Waals surface area contributed by atoms with Crippen molar-refractivity contribution in [1.82, 2.24) is 19.9 Å². The van der Waals surface area contributed by atoms with Gasteiger partial charge < -0.3 is 14.6 Å². The number of hydrogen-bond donors (Lipinski definition) is 1. The van der Waals surface area contributed by atoms with Crippen LogP contribution >= 0.6 is 0 Å². The molecular weight excluding hydrogens is 584 g/mol. The fourth-order valence-electron chi connectivity index (χ4n) is 7.29. The van der Waals surface area contributed by atoms with E-state index < -0.39 is 6.10 Å². The maximum atomic E-state index is 11.2. The van der Waals surface area contributed by atoms with E-state index in [0.29, 0.717) is 23.6 Å². The number of aliphatic hydroxyl groups is 1. The first-order valence-electron chi connectivity index (χ1n) is 16.3. The van der Waals surface area contributed by atoms with Crippen LogP contribution in [0.4, 0.5) is 0 Å². The number of methoxy groups -OCH3 is 1. The molecule has 7 heteroatoms. The van der Waals surface area contributed by atoms with Crippen LogP contribution in [0.5, 0.6) is 17.5 Å². The Kier molecular flexibility index (Phi) is 8.58. The molecule has 3 aliphatic rings. The molecule has 0 saturated carbocycles. The quantitative estimate of drug-likeness (QED) is 0.187. The molecule has 3 aromatic heterocycles. The highest BCUT2D eigenvalue weighted by Crippen LogP contribution is 2.42. The van der Waals surface area contributed by atoms with Crippen molar-refractivity contribution in [3.05, 3.63) is 120 Å². The molecular formula is C40H40N4O3. The van der Waals surface area contributed by atoms with Crippen LogP contribution < -0.4 is 9.47 Å². The monoisotopic (exact) mass is 624 g/mol. The normalized spacial score (nSPS) is 20.9. The zero-order valence-corrected chi connectivity index (χ0v) is 27.1. The van der Waals surface area contributed by atoms with E-state index in [2.05, 4.69) is 58.5 Å². The molecule has 3 saturated heterocycles. The van der Waals surface area contributed by atoms with Crippen LogP contribution in [0, 0.1) is 25.7 Å². The number of pyridine rings is 3. The molecule has 3 aromatic carbocycles. The molecule has 5 atom stereocenters. The highest BCUT2D eigenvalue weighted by Gasteiger charge is 2.42. The van der Waals surface area contributed by atoms with Crippen LogP contribution in [0.2, 0.25) is 0 Å². The maximum absolute atomic E-state index is 11.2. The van der Waals surface area contributed by atoms with Crippen LogP contribution in [0.1, 0.15) is 35.6 Å². The van der Waals surface area contributed by atoms with Gasteiger partial charge in [0.1, 0.15) is 5.75 Å². The molecule has 0 amide bonds. The Balaban J connectivity index is 0.000000150. The largest absolute Gasteiger partial charge is 0.497 e. The summed E-state index contributed by atoms with van der Waals surface area (Å²) in [5.41, 5.74) is 5.99. The summed E-state index contributed by atoms with van der Waals surface area (Å²) in [6.07, 6.45) is 5.62. The topological polar surface area (TPSA) is 80.6 Å². The molecule has 0 spiro atoms. The second kappa shape index (κ2) is 13.1. The zero-order chi connectivity index (χ0) is 32.5. The Morgan fingerprint density at radius 1 is 0.851 bits per heavy atom. The van der Waals surface area contributed by atoms with E-state index in [9.17, 15) is 5.11 Å². The minimum atomic E-state index is -0.504. The fourth-order valence-corrected chi connectivity index (χ4v) is 7.29. The Morgan fingerprint density at radius 2 is 1.51 bits per heavy atom. The maximum Gasteiger partial charge on any atom is 0.222 e. The molecule has 47 heavy (non-hydrogen) atoms. The lowest BCUT2D eigenvalue weighted by Crippen LogP contribution is -2.54. The zero-order valence-electron chi connectivity index (χ0n) is 27.1. The lowest BCUT2D eigenvalue weighted by atomic mass is 9.73. The number of hydrogen-bond acceptors (Lipinski definition) is 7. The summed E-state index contributed by atoms with van der Waals surface area (Å²) in [5, 5.41) is 14.4. The summed E-state index contributed by atoms with van der Waals surface area (Å²) in [5.74, 6) is 3.15. The van der Waals surface area contributed by atoms with Gasteiger partial charge in [0.15, 0.2) is 0 Å². The van der Waals surface area contributed by atoms with Crippen molar-refractivity contribution in [2.24, 2.45) is 11.8 Å². The Morgan fingerprint density at radius 3 is 2.11 bits per heavy atom. The van der Waals surface area contributed by atoms with Crippen molar-refractivity contribution in [3.8, 4) is 17.5 Å². The fraction of sp³-hybridized carbons (Fsp3) is 0.275. The Bertz CT molecular complexity index is 2000. The number of para-hydroxylation sites is 2. The van der Waals surface area contributed by atoms with Crippen molar-refractivity contribution < 1.29 is 14.6 Å². The molecule has 0 aliphatic carbocycles. The molecule has 6 heterocycles. The van der Waals surface area contributed by atoms with E-state index in [4.69, 9.17) is 9.47 Å². The summed E-state index contributed by atoms with van der Waals surface area (Å²) in [6, 6.07) is 28.0. The predicted octanol–water partition coefficient (Wildman–Crippen LogP) is 8.37. The van der Waals surface area contributed by atoms with Gasteiger partial charge in [0.05, 0.1) is 29.8 Å². The SMILES string of the molecule is C=C[C@@H]1CN2CCC1C[C@@H]2C(O)c1ccnc2ccc(OC)cc12.Cc1cc(Oc2cc(C)c3ccccc3n2)nc2ccccc12. The molecule has 9 rings (SSSR count). The Hall–Kier alpha value is -4.85. The molecule has 7 nitrogen and oxygen atoms in total. The summed E-state index contributed by atoms with van der Waals surface area (Å²) >= 11 is 0. The van der Waals surface area contributed by atoms with E-state index in [-0.39, 0.29) is 6.04 Å². The third-order valence-electron chi connectivity index (χ3n) is 9.83. The Labute approximate surface area is 275 Å². The number of ether oxygens (including phenoxy) is 2. The number of rotatable bonds is 6. The van der Waals surface area contributed by atoms with Crippen molar-refractivity contribution in [2.45, 2.75) is 38.8 Å². The van der Waals surface area contributed by atoms with E-state index in [0.717, 1.165) is 74.7 Å². The van der Waals surface area contributed by atoms with Crippen molar-refractivity contribution in [3.63, 3.8) is 0 Å². The third-order valence-corrected chi connectivity index (χ3v) is 9.83. The number of piperidine rings is 3. The second-order valence-corrected chi connectivity index (χ2v) is 12.7. The van der Waals surface area contributed by atoms with E-state index >= 15 is 0 Å². The van der Waals surface area contributed by atoms with Crippen LogP contribution in [-0.4, -0.2) is 51.2 Å². The average molecular weight is 625 g/mol. The minimum Gasteiger partial charge on any atom is -0.497 e. The molecule has 6 aromatic rings. The van der Waals surface area contributed by atoms with Gasteiger partial charge in [-0.3, -0.25) is 9.88 Å². The number of aryl methyl sites for hydroxylation is 2. The lowest BCUT2D eigenvalue weighted by molar-refractivity contribution is -0.0444. The van der Waals surface area contributed by atoms with Crippen molar-refractivity contribution in [1.29, 1.82) is 0 Å². The molecule has 1 N–H and O–H groups in total. The van der Waals surface area contributed by atoms with Gasteiger partial charge in [-0.15, -0.1) is 6.58 Å². The van der Waals surface area contributed by atoms with Crippen molar-refractivity contribution in [2.75, 3.05) is 20.2 Å². The number of nitrogens with zero attached hydrogens (tertiary/aromatic N) is 4. The summed E-state index contributed by atoms with van der Waals surface area (Å²) in [6.45, 7) is 10.2. The first-order chi connectivity index (χ1) is 22.9. The highest BCUT2D eigenvalue weighted by atomic mass is 16.5. The van der Waals surface area contributed by atoms with E-state index in [1.54, 1.807) is 13.3 Å². The summed E-state index contributed by atoms with van der Waals surface area (Å²) in [7, 11) is 1.66. The van der Waals surface area contributed by atoms with Gasteiger partial charge >= 0.3 is 0 Å². The second-order valence-electron chi connectivity index (χ2n) is 12.7. The molecule has 0 radical (unpaired) electrons. The molecule has 3 fully saturated rings. The van der Waals surface area contributed by atoms with Crippen LogP contribution in [0.15, 0.2) is 104 Å². The average Bonchev–Trinajstić information content (AvgIpc) is 3.11. The standard InChI is InChI=1S/C20H24N2O2.C20H16N2O/c1-3-13-12-22-9-7-14(13)10-19(22)20(23)16-6-8-21-18-5-4-15(24-2)11-17(16)18;1-13-11-19(21-17-9-5-3-7-15(13)17)23-20-12-14(2)16-8-4-6-10-18(16)22-20/h3-6,8,11,13-14,19-20,23H,1,7,9-10,12H2,2H3;3-12H,1-2H3/t13-,14?,19-,20?;/m1./s1. The van der Waals surface area contributed by atoms with Gasteiger partial charge in [0, 0.05) is 47.1 Å². The van der Waals surface area contributed by atoms with Gasteiger partial charge in [0.25, 0.3) is 0 Å². The van der Waals surface area contributed by atoms with Crippen LogP contribution in [0.3, 0.4) is 0 Å². The van der Waals surface area contributed by atoms with Gasteiger partial charge in [0.2, 0.25) is 11.8 Å². The predicted molar refractivity (Wildman–Crippen MR) is 188 cm³/mol. The van der Waals surface area contributed by atoms with Gasteiger partial charge in [-0.2, -0.15) is 0 Å². The summed E-state index contributed by atoms with van der Waals surface area (Å²) < 4.78 is 11.3. The van der Waals surface area contributed by atoms with Crippen LogP contribution in [-0.2, 0) is 0 Å². The molecule has 3 unspecified atom stereocenters. The van der Waals surface area contributed by atoms with Crippen molar-refractivity contribution >= 4 is 32.7 Å². The highest BCUT2D eigenvalue weighted by molar-refractivity contribution is 5.85. The molecule has 238 valence electrons. The number of aromatic nitrogens is 3. The lowest BCUT2D eigenvalue weighted by Gasteiger charge is -2.50. The number of benzene rings is 3. The first-order valence-corrected chi connectivity index (χ1v) is 16.3. The number of aliphatic hydroxyl groups excluding tert-OH is 1. The number of fused-ring (bicyclic) bond motifs is 6. The van der Waals surface area contributed by atoms with Gasteiger partial charge in [-0.1, -0.05) is 42.5 Å². The first kappa shape index (κ1) is 30.8. The van der Waals surface area contributed by atoms with E-state index in [1.807, 2.05) is 72.8 Å². The smallest absolute Gasteiger partial charge is 0.222 e. The molecule has 2 bridgehead atoms. The van der Waals surface area contributed by atoms with Crippen LogP contribution in [0.25, 0.3) is 32.7 Å². The molecule has 3 aliphatic heterocycles. The van der Waals surface area contributed by atoms with E-state index in [1.165, 1.54) is 6.42 Å². The summed E-state index contributed by atoms with van der Waals surface area (Å²) in [4.78, 5) is 16.0. The minimum absolute atomic E-state index is 0.178. The van der Waals surface area contributed by atoms with Gasteiger partial charge in [-0.05, 0) is 98.2 Å². The third kappa shape index (κ3) is 6.16. The van der Waals surface area contributed by atoms with Gasteiger partial charge in [-0.25, -0.2) is 9.97 Å².